The Hall–Kier alpha value is -2.53. The quantitative estimate of drug-likeness (QED) is 0.568. The summed E-state index contributed by atoms with van der Waals surface area (Å²) < 4.78 is 33.9. The number of benzene rings is 2. The second-order valence-corrected chi connectivity index (χ2v) is 10.6. The number of amides is 1. The average Bonchev–Trinajstić information content (AvgIpc) is 3.13. The SMILES string of the molecule is Cc1ccc2nc(NNC(=O)c3ccc(S(=O)(=O)N4C[C@@H](C)O[C@@H](C)C4)cc3)sc2c1. The minimum Gasteiger partial charge on any atom is -0.373 e. The highest BCUT2D eigenvalue weighted by Gasteiger charge is 2.32. The molecule has 10 heteroatoms. The van der Waals surface area contributed by atoms with Crippen molar-refractivity contribution in [3.05, 3.63) is 53.6 Å². The molecule has 0 unspecified atom stereocenters. The van der Waals surface area contributed by atoms with Crippen LogP contribution >= 0.6 is 11.3 Å². The van der Waals surface area contributed by atoms with Crippen molar-refractivity contribution in [2.75, 3.05) is 18.5 Å². The number of aryl methyl sites for hydroxylation is 1. The number of sulfonamides is 1. The Balaban J connectivity index is 1.42. The van der Waals surface area contributed by atoms with Crippen LogP contribution in [0, 0.1) is 6.92 Å². The minimum atomic E-state index is -3.65. The molecule has 1 aliphatic rings. The maximum Gasteiger partial charge on any atom is 0.269 e. The molecule has 0 aliphatic carbocycles. The van der Waals surface area contributed by atoms with Gasteiger partial charge in [0.2, 0.25) is 15.2 Å². The summed E-state index contributed by atoms with van der Waals surface area (Å²) in [6.45, 7) is 6.33. The molecule has 2 heterocycles. The highest BCUT2D eigenvalue weighted by molar-refractivity contribution is 7.89. The molecule has 1 aromatic heterocycles. The predicted molar refractivity (Wildman–Crippen MR) is 121 cm³/mol. The van der Waals surface area contributed by atoms with Crippen molar-refractivity contribution in [1.82, 2.24) is 14.7 Å². The first-order valence-corrected chi connectivity index (χ1v) is 12.2. The van der Waals surface area contributed by atoms with E-state index in [4.69, 9.17) is 4.74 Å². The van der Waals surface area contributed by atoms with E-state index in [2.05, 4.69) is 15.8 Å². The molecule has 2 atom stereocenters. The average molecular weight is 461 g/mol. The Morgan fingerprint density at radius 3 is 2.48 bits per heavy atom. The second kappa shape index (κ2) is 8.54. The van der Waals surface area contributed by atoms with Crippen molar-refractivity contribution >= 4 is 42.6 Å². The first-order chi connectivity index (χ1) is 14.7. The van der Waals surface area contributed by atoms with Crippen LogP contribution in [0.5, 0.6) is 0 Å². The Kier molecular flexibility index (Phi) is 5.98. The third kappa shape index (κ3) is 4.72. The summed E-state index contributed by atoms with van der Waals surface area (Å²) in [6.07, 6.45) is -0.331. The number of ether oxygens (including phenoxy) is 1. The summed E-state index contributed by atoms with van der Waals surface area (Å²) in [5, 5.41) is 0.573. The number of hydrogen-bond acceptors (Lipinski definition) is 7. The number of rotatable bonds is 5. The van der Waals surface area contributed by atoms with Gasteiger partial charge < -0.3 is 4.74 Å². The molecule has 2 aromatic carbocycles. The monoisotopic (exact) mass is 460 g/mol. The van der Waals surface area contributed by atoms with Crippen molar-refractivity contribution in [2.45, 2.75) is 37.9 Å². The standard InChI is InChI=1S/C21H24N4O4S2/c1-13-4-9-18-19(10-13)30-21(22-18)24-23-20(26)16-5-7-17(8-6-16)31(27,28)25-11-14(2)29-15(3)12-25/h4-10,14-15H,11-12H2,1-3H3,(H,22,24)(H,23,26)/t14-,15+. The number of hydrogen-bond donors (Lipinski definition) is 2. The first-order valence-electron chi connectivity index (χ1n) is 9.91. The molecule has 3 aromatic rings. The molecule has 1 amide bonds. The smallest absolute Gasteiger partial charge is 0.269 e. The molecule has 0 saturated carbocycles. The van der Waals surface area contributed by atoms with Gasteiger partial charge in [-0.25, -0.2) is 13.4 Å². The number of carbonyl (C=O) groups is 1. The van der Waals surface area contributed by atoms with E-state index in [-0.39, 0.29) is 23.0 Å². The van der Waals surface area contributed by atoms with E-state index in [1.807, 2.05) is 39.0 Å². The van der Waals surface area contributed by atoms with Crippen LogP contribution in [0.3, 0.4) is 0 Å². The first kappa shape index (κ1) is 21.7. The van der Waals surface area contributed by atoms with Gasteiger partial charge in [0.1, 0.15) is 0 Å². The summed E-state index contributed by atoms with van der Waals surface area (Å²) in [7, 11) is -3.65. The van der Waals surface area contributed by atoms with Gasteiger partial charge in [0.05, 0.1) is 27.3 Å². The van der Waals surface area contributed by atoms with Crippen LogP contribution in [0.2, 0.25) is 0 Å². The molecule has 31 heavy (non-hydrogen) atoms. The van der Waals surface area contributed by atoms with Gasteiger partial charge >= 0.3 is 0 Å². The van der Waals surface area contributed by atoms with Crippen LogP contribution < -0.4 is 10.9 Å². The summed E-state index contributed by atoms with van der Waals surface area (Å²) in [4.78, 5) is 17.0. The lowest BCUT2D eigenvalue weighted by Crippen LogP contribution is -2.48. The molecule has 0 bridgehead atoms. The van der Waals surface area contributed by atoms with Gasteiger partial charge in [-0.1, -0.05) is 17.4 Å². The van der Waals surface area contributed by atoms with Gasteiger partial charge in [-0.05, 0) is 62.7 Å². The van der Waals surface area contributed by atoms with Gasteiger partial charge in [-0.2, -0.15) is 4.31 Å². The fourth-order valence-corrected chi connectivity index (χ4v) is 6.03. The van der Waals surface area contributed by atoms with Gasteiger partial charge in [-0.15, -0.1) is 0 Å². The number of nitrogens with one attached hydrogen (secondary N) is 2. The predicted octanol–water partition coefficient (Wildman–Crippen LogP) is 3.16. The fourth-order valence-electron chi connectivity index (χ4n) is 3.52. The van der Waals surface area contributed by atoms with E-state index in [1.54, 1.807) is 0 Å². The third-order valence-electron chi connectivity index (χ3n) is 4.97. The fraction of sp³-hybridized carbons (Fsp3) is 0.333. The lowest BCUT2D eigenvalue weighted by molar-refractivity contribution is -0.0440. The largest absolute Gasteiger partial charge is 0.373 e. The van der Waals surface area contributed by atoms with E-state index in [0.717, 1.165) is 15.8 Å². The summed E-state index contributed by atoms with van der Waals surface area (Å²) >= 11 is 1.44. The van der Waals surface area contributed by atoms with Crippen LogP contribution in [0.1, 0.15) is 29.8 Å². The molecule has 1 fully saturated rings. The van der Waals surface area contributed by atoms with Crippen LogP contribution in [0.15, 0.2) is 47.4 Å². The molecular weight excluding hydrogens is 436 g/mol. The Morgan fingerprint density at radius 1 is 1.13 bits per heavy atom. The van der Waals surface area contributed by atoms with E-state index >= 15 is 0 Å². The van der Waals surface area contributed by atoms with Crippen molar-refractivity contribution < 1.29 is 17.9 Å². The summed E-state index contributed by atoms with van der Waals surface area (Å²) in [6, 6.07) is 11.9. The molecule has 1 aliphatic heterocycles. The zero-order chi connectivity index (χ0) is 22.2. The van der Waals surface area contributed by atoms with E-state index in [0.29, 0.717) is 23.8 Å². The molecule has 8 nitrogen and oxygen atoms in total. The summed E-state index contributed by atoms with van der Waals surface area (Å²) in [5.74, 6) is -0.381. The topological polar surface area (TPSA) is 101 Å². The van der Waals surface area contributed by atoms with Crippen molar-refractivity contribution in [1.29, 1.82) is 0 Å². The third-order valence-corrected chi connectivity index (χ3v) is 7.75. The normalized spacial score (nSPS) is 20.0. The van der Waals surface area contributed by atoms with Crippen molar-refractivity contribution in [3.63, 3.8) is 0 Å². The van der Waals surface area contributed by atoms with E-state index in [9.17, 15) is 13.2 Å². The number of carbonyl (C=O) groups excluding carboxylic acids is 1. The van der Waals surface area contributed by atoms with Crippen LogP contribution in [-0.2, 0) is 14.8 Å². The minimum absolute atomic E-state index is 0.153. The van der Waals surface area contributed by atoms with Crippen molar-refractivity contribution in [2.24, 2.45) is 0 Å². The molecular formula is C21H24N4O4S2. The lowest BCUT2D eigenvalue weighted by atomic mass is 10.2. The highest BCUT2D eigenvalue weighted by atomic mass is 32.2. The lowest BCUT2D eigenvalue weighted by Gasteiger charge is -2.34. The van der Waals surface area contributed by atoms with Crippen LogP contribution in [-0.4, -0.2) is 48.9 Å². The number of thiazole rings is 1. The van der Waals surface area contributed by atoms with Gasteiger partial charge in [0, 0.05) is 18.7 Å². The number of anilines is 1. The molecule has 2 N–H and O–H groups in total. The zero-order valence-corrected chi connectivity index (χ0v) is 19.1. The Labute approximate surface area is 185 Å². The van der Waals surface area contributed by atoms with Crippen molar-refractivity contribution in [3.8, 4) is 0 Å². The van der Waals surface area contributed by atoms with E-state index < -0.39 is 10.0 Å². The maximum absolute atomic E-state index is 12.9. The number of morpholine rings is 1. The summed E-state index contributed by atoms with van der Waals surface area (Å²) in [5.41, 5.74) is 7.77. The number of nitrogens with zero attached hydrogens (tertiary/aromatic N) is 2. The number of fused-ring (bicyclic) bond motifs is 1. The highest BCUT2D eigenvalue weighted by Crippen LogP contribution is 2.26. The molecule has 4 rings (SSSR count). The van der Waals surface area contributed by atoms with E-state index in [1.165, 1.54) is 39.9 Å². The van der Waals surface area contributed by atoms with Gasteiger partial charge in [0.25, 0.3) is 5.91 Å². The molecule has 0 spiro atoms. The van der Waals surface area contributed by atoms with Gasteiger partial charge in [0.15, 0.2) is 0 Å². The Morgan fingerprint density at radius 2 is 1.81 bits per heavy atom. The second-order valence-electron chi connectivity index (χ2n) is 7.67. The Bertz CT molecular complexity index is 1200. The number of aromatic nitrogens is 1. The van der Waals surface area contributed by atoms with Crippen LogP contribution in [0.4, 0.5) is 5.13 Å². The molecule has 0 radical (unpaired) electrons. The molecule has 164 valence electrons. The molecule has 1 saturated heterocycles. The van der Waals surface area contributed by atoms with Gasteiger partial charge in [-0.3, -0.25) is 15.6 Å². The number of hydrazine groups is 1. The van der Waals surface area contributed by atoms with Crippen LogP contribution in [0.25, 0.3) is 10.2 Å². The maximum atomic E-state index is 12.9. The zero-order valence-electron chi connectivity index (χ0n) is 17.5.